The van der Waals surface area contributed by atoms with Gasteiger partial charge in [-0.15, -0.1) is 0 Å². The van der Waals surface area contributed by atoms with Crippen LogP contribution in [0.1, 0.15) is 48.4 Å². The average molecular weight is 376 g/mol. The maximum Gasteiger partial charge on any atom is 0.289 e. The van der Waals surface area contributed by atoms with E-state index in [9.17, 15) is 9.59 Å². The van der Waals surface area contributed by atoms with Crippen LogP contribution in [-0.4, -0.2) is 67.6 Å². The van der Waals surface area contributed by atoms with Crippen molar-refractivity contribution in [3.05, 3.63) is 23.7 Å². The number of carbonyl (C=O) groups is 2. The number of hydrogen-bond acceptors (Lipinski definition) is 5. The lowest BCUT2D eigenvalue weighted by molar-refractivity contribution is -0.150. The molecule has 3 aliphatic heterocycles. The highest BCUT2D eigenvalue weighted by molar-refractivity contribution is 5.93. The van der Waals surface area contributed by atoms with Gasteiger partial charge in [-0.25, -0.2) is 0 Å². The Balaban J connectivity index is 1.45. The molecule has 3 saturated heterocycles. The van der Waals surface area contributed by atoms with Gasteiger partial charge >= 0.3 is 0 Å². The van der Waals surface area contributed by atoms with Crippen LogP contribution in [0, 0.1) is 5.41 Å². The fraction of sp³-hybridized carbons (Fsp3) is 0.700. The van der Waals surface area contributed by atoms with Crippen LogP contribution in [-0.2, 0) is 20.9 Å². The molecular formula is C20H28N2O5. The van der Waals surface area contributed by atoms with Crippen molar-refractivity contribution in [2.45, 2.75) is 44.8 Å². The Kier molecular flexibility index (Phi) is 5.23. The number of ether oxygens (including phenoxy) is 2. The van der Waals surface area contributed by atoms with E-state index in [2.05, 4.69) is 4.90 Å². The molecule has 4 heterocycles. The van der Waals surface area contributed by atoms with Crippen LogP contribution in [0.4, 0.5) is 0 Å². The summed E-state index contributed by atoms with van der Waals surface area (Å²) in [5, 5.41) is 0. The highest BCUT2D eigenvalue weighted by Gasteiger charge is 2.50. The van der Waals surface area contributed by atoms with Gasteiger partial charge in [0.25, 0.3) is 5.91 Å². The lowest BCUT2D eigenvalue weighted by Gasteiger charge is -2.44. The van der Waals surface area contributed by atoms with Crippen molar-refractivity contribution >= 4 is 11.8 Å². The quantitative estimate of drug-likeness (QED) is 0.804. The van der Waals surface area contributed by atoms with Gasteiger partial charge in [0.1, 0.15) is 12.4 Å². The number of furan rings is 1. The van der Waals surface area contributed by atoms with Crippen molar-refractivity contribution in [3.63, 3.8) is 0 Å². The minimum Gasteiger partial charge on any atom is -0.453 e. The number of carbonyl (C=O) groups excluding carboxylic acids is 2. The summed E-state index contributed by atoms with van der Waals surface area (Å²) in [6.07, 6.45) is 4.44. The summed E-state index contributed by atoms with van der Waals surface area (Å²) >= 11 is 0. The lowest BCUT2D eigenvalue weighted by Crippen LogP contribution is -2.55. The first-order valence-electron chi connectivity index (χ1n) is 9.89. The molecule has 3 fully saturated rings. The van der Waals surface area contributed by atoms with Crippen molar-refractivity contribution in [3.8, 4) is 0 Å². The molecule has 27 heavy (non-hydrogen) atoms. The molecule has 1 aromatic heterocycles. The number of methoxy groups -OCH3 is 1. The zero-order valence-electron chi connectivity index (χ0n) is 15.9. The Morgan fingerprint density at radius 3 is 2.85 bits per heavy atom. The standard InChI is InChI=1S/C20H28N2O5/c1-25-13-16-3-4-17(27-16)18(23)21-10-8-20(14-21)7-2-9-22(19(20)24)15-5-11-26-12-6-15/h3-4,15H,2,5-14H2,1H3/t20-/m1/s1. The molecule has 1 aromatic rings. The van der Waals surface area contributed by atoms with Crippen LogP contribution >= 0.6 is 0 Å². The van der Waals surface area contributed by atoms with E-state index in [1.165, 1.54) is 0 Å². The third-order valence-corrected chi connectivity index (χ3v) is 6.20. The molecule has 3 aliphatic rings. The van der Waals surface area contributed by atoms with E-state index in [0.717, 1.165) is 51.9 Å². The smallest absolute Gasteiger partial charge is 0.289 e. The second-order valence-electron chi connectivity index (χ2n) is 7.90. The zero-order chi connectivity index (χ0) is 18.9. The monoisotopic (exact) mass is 376 g/mol. The Hall–Kier alpha value is -1.86. The molecule has 0 aliphatic carbocycles. The van der Waals surface area contributed by atoms with E-state index in [0.29, 0.717) is 31.2 Å². The molecule has 2 amide bonds. The summed E-state index contributed by atoms with van der Waals surface area (Å²) in [4.78, 5) is 30.0. The van der Waals surface area contributed by atoms with Gasteiger partial charge in [0.15, 0.2) is 5.76 Å². The Morgan fingerprint density at radius 1 is 1.26 bits per heavy atom. The third kappa shape index (κ3) is 3.50. The number of likely N-dealkylation sites (tertiary alicyclic amines) is 2. The van der Waals surface area contributed by atoms with Crippen LogP contribution in [0.25, 0.3) is 0 Å². The summed E-state index contributed by atoms with van der Waals surface area (Å²) in [5.41, 5.74) is -0.422. The molecule has 4 rings (SSSR count). The van der Waals surface area contributed by atoms with Gasteiger partial charge in [0.2, 0.25) is 5.91 Å². The van der Waals surface area contributed by atoms with Gasteiger partial charge in [-0.2, -0.15) is 0 Å². The molecule has 0 saturated carbocycles. The van der Waals surface area contributed by atoms with E-state index in [1.807, 2.05) is 0 Å². The van der Waals surface area contributed by atoms with E-state index in [4.69, 9.17) is 13.9 Å². The van der Waals surface area contributed by atoms with E-state index < -0.39 is 5.41 Å². The fourth-order valence-electron chi connectivity index (χ4n) is 4.74. The topological polar surface area (TPSA) is 72.2 Å². The molecule has 148 valence electrons. The normalized spacial score (nSPS) is 26.9. The predicted molar refractivity (Wildman–Crippen MR) is 97.2 cm³/mol. The summed E-state index contributed by atoms with van der Waals surface area (Å²) in [5.74, 6) is 1.05. The van der Waals surface area contributed by atoms with Crippen LogP contribution < -0.4 is 0 Å². The predicted octanol–water partition coefficient (Wildman–Crippen LogP) is 2.06. The van der Waals surface area contributed by atoms with Gasteiger partial charge in [-0.3, -0.25) is 9.59 Å². The van der Waals surface area contributed by atoms with Crippen molar-refractivity contribution < 1.29 is 23.5 Å². The van der Waals surface area contributed by atoms with Gasteiger partial charge in [0.05, 0.1) is 5.41 Å². The molecule has 0 bridgehead atoms. The van der Waals surface area contributed by atoms with Crippen molar-refractivity contribution in [1.82, 2.24) is 9.80 Å². The minimum absolute atomic E-state index is 0.134. The fourth-order valence-corrected chi connectivity index (χ4v) is 4.74. The third-order valence-electron chi connectivity index (χ3n) is 6.20. The summed E-state index contributed by atoms with van der Waals surface area (Å²) in [7, 11) is 1.59. The van der Waals surface area contributed by atoms with Crippen molar-refractivity contribution in [2.24, 2.45) is 5.41 Å². The van der Waals surface area contributed by atoms with E-state index in [1.54, 1.807) is 24.1 Å². The van der Waals surface area contributed by atoms with Crippen molar-refractivity contribution in [2.75, 3.05) is 40.0 Å². The largest absolute Gasteiger partial charge is 0.453 e. The molecule has 7 heteroatoms. The number of amides is 2. The van der Waals surface area contributed by atoms with Crippen LogP contribution in [0.5, 0.6) is 0 Å². The Morgan fingerprint density at radius 2 is 2.07 bits per heavy atom. The molecule has 7 nitrogen and oxygen atoms in total. The van der Waals surface area contributed by atoms with Crippen LogP contribution in [0.3, 0.4) is 0 Å². The second kappa shape index (κ2) is 7.64. The maximum atomic E-state index is 13.3. The molecule has 0 unspecified atom stereocenters. The zero-order valence-corrected chi connectivity index (χ0v) is 15.9. The molecule has 0 radical (unpaired) electrons. The number of rotatable bonds is 4. The molecular weight excluding hydrogens is 348 g/mol. The number of piperidine rings is 1. The molecule has 1 atom stereocenters. The van der Waals surface area contributed by atoms with Crippen molar-refractivity contribution in [1.29, 1.82) is 0 Å². The first-order valence-corrected chi connectivity index (χ1v) is 9.89. The first kappa shape index (κ1) is 18.5. The van der Waals surface area contributed by atoms with Crippen LogP contribution in [0.15, 0.2) is 16.5 Å². The average Bonchev–Trinajstić information content (AvgIpc) is 3.33. The van der Waals surface area contributed by atoms with E-state index >= 15 is 0 Å². The van der Waals surface area contributed by atoms with E-state index in [-0.39, 0.29) is 17.9 Å². The van der Waals surface area contributed by atoms with Gasteiger partial charge in [-0.1, -0.05) is 0 Å². The molecule has 0 aromatic carbocycles. The number of hydrogen-bond donors (Lipinski definition) is 0. The van der Waals surface area contributed by atoms with Gasteiger partial charge < -0.3 is 23.7 Å². The SMILES string of the molecule is COCc1ccc(C(=O)N2CC[C@]3(CCCN(C4CCOCC4)C3=O)C2)o1. The highest BCUT2D eigenvalue weighted by atomic mass is 16.5. The first-order chi connectivity index (χ1) is 13.1. The molecule has 0 N–H and O–H groups in total. The Bertz CT molecular complexity index is 696. The minimum atomic E-state index is -0.422. The summed E-state index contributed by atoms with van der Waals surface area (Å²) in [6, 6.07) is 3.75. The van der Waals surface area contributed by atoms with Gasteiger partial charge in [0, 0.05) is 46.0 Å². The lowest BCUT2D eigenvalue weighted by atomic mass is 9.77. The van der Waals surface area contributed by atoms with Gasteiger partial charge in [-0.05, 0) is 44.2 Å². The maximum absolute atomic E-state index is 13.3. The second-order valence-corrected chi connectivity index (χ2v) is 7.90. The Labute approximate surface area is 159 Å². The summed E-state index contributed by atoms with van der Waals surface area (Å²) in [6.45, 7) is 3.73. The summed E-state index contributed by atoms with van der Waals surface area (Å²) < 4.78 is 16.1. The highest BCUT2D eigenvalue weighted by Crippen LogP contribution is 2.41. The number of nitrogens with zero attached hydrogens (tertiary/aromatic N) is 2. The molecule has 1 spiro atoms. The van der Waals surface area contributed by atoms with Crippen LogP contribution in [0.2, 0.25) is 0 Å².